The Labute approximate surface area is 190 Å². The number of rotatable bonds is 9. The van der Waals surface area contributed by atoms with Crippen molar-refractivity contribution in [1.29, 1.82) is 0 Å². The number of amides is 1. The number of aromatic nitrogens is 2. The SMILES string of the molecule is CCCN(CC)C1C(c2ccn[nH]2)=CC(C(=O)Nc2ccc(OC(F)(F)Cl)cc2)=CN1C. The molecule has 3 rings (SSSR count). The minimum absolute atomic E-state index is 0.0504. The molecular formula is C22H26ClF2N5O2. The van der Waals surface area contributed by atoms with E-state index in [1.54, 1.807) is 12.4 Å². The highest BCUT2D eigenvalue weighted by Crippen LogP contribution is 2.30. The van der Waals surface area contributed by atoms with Gasteiger partial charge in [0.05, 0.1) is 11.3 Å². The van der Waals surface area contributed by atoms with Crippen LogP contribution in [0.5, 0.6) is 5.75 Å². The van der Waals surface area contributed by atoms with Crippen molar-refractivity contribution in [2.45, 2.75) is 32.0 Å². The largest absolute Gasteiger partial charge is 0.487 e. The van der Waals surface area contributed by atoms with Gasteiger partial charge in [0.2, 0.25) is 0 Å². The number of likely N-dealkylation sites (N-methyl/N-ethyl adjacent to an activating group) is 2. The number of aromatic amines is 1. The molecule has 1 unspecified atom stereocenters. The first kappa shape index (κ1) is 23.7. The van der Waals surface area contributed by atoms with Crippen molar-refractivity contribution in [3.05, 3.63) is 60.1 Å². The van der Waals surface area contributed by atoms with Crippen LogP contribution in [0.1, 0.15) is 26.0 Å². The van der Waals surface area contributed by atoms with Gasteiger partial charge in [-0.2, -0.15) is 5.10 Å². The van der Waals surface area contributed by atoms with Crippen molar-refractivity contribution in [2.24, 2.45) is 0 Å². The molecular weight excluding hydrogens is 440 g/mol. The second-order valence-electron chi connectivity index (χ2n) is 7.35. The number of nitrogens with zero attached hydrogens (tertiary/aromatic N) is 3. The van der Waals surface area contributed by atoms with Crippen molar-refractivity contribution < 1.29 is 18.3 Å². The highest BCUT2D eigenvalue weighted by atomic mass is 35.5. The Kier molecular flexibility index (Phi) is 7.52. The molecule has 2 heterocycles. The summed E-state index contributed by atoms with van der Waals surface area (Å²) in [4.78, 5) is 17.3. The van der Waals surface area contributed by atoms with Crippen LogP contribution in [0.2, 0.25) is 0 Å². The molecule has 0 saturated heterocycles. The summed E-state index contributed by atoms with van der Waals surface area (Å²) < 4.78 is 29.8. The van der Waals surface area contributed by atoms with Gasteiger partial charge in [0.25, 0.3) is 5.91 Å². The Hall–Kier alpha value is -2.91. The summed E-state index contributed by atoms with van der Waals surface area (Å²) in [6.45, 7) is 5.99. The van der Waals surface area contributed by atoms with E-state index in [0.717, 1.165) is 30.8 Å². The molecule has 1 aliphatic rings. The van der Waals surface area contributed by atoms with Gasteiger partial charge in [-0.25, -0.2) is 0 Å². The molecule has 0 radical (unpaired) electrons. The quantitative estimate of drug-likeness (QED) is 0.534. The minimum atomic E-state index is -3.79. The van der Waals surface area contributed by atoms with E-state index in [1.807, 2.05) is 24.1 Å². The van der Waals surface area contributed by atoms with Gasteiger partial charge in [0.15, 0.2) is 0 Å². The molecule has 1 atom stereocenters. The van der Waals surface area contributed by atoms with Crippen LogP contribution in [0.4, 0.5) is 14.5 Å². The normalized spacial score (nSPS) is 16.6. The summed E-state index contributed by atoms with van der Waals surface area (Å²) in [6, 6.07) is 7.41. The number of carbonyl (C=O) groups is 1. The molecule has 0 spiro atoms. The third kappa shape index (κ3) is 5.86. The van der Waals surface area contributed by atoms with E-state index < -0.39 is 5.57 Å². The second-order valence-corrected chi connectivity index (χ2v) is 7.79. The van der Waals surface area contributed by atoms with E-state index in [-0.39, 0.29) is 17.8 Å². The predicted molar refractivity (Wildman–Crippen MR) is 120 cm³/mol. The highest BCUT2D eigenvalue weighted by molar-refractivity contribution is 6.20. The van der Waals surface area contributed by atoms with Crippen LogP contribution < -0.4 is 10.1 Å². The van der Waals surface area contributed by atoms with Crippen LogP contribution >= 0.6 is 11.6 Å². The van der Waals surface area contributed by atoms with E-state index >= 15 is 0 Å². The lowest BCUT2D eigenvalue weighted by molar-refractivity contribution is -0.112. The summed E-state index contributed by atoms with van der Waals surface area (Å²) in [7, 11) is 1.93. The third-order valence-electron chi connectivity index (χ3n) is 5.00. The van der Waals surface area contributed by atoms with E-state index in [1.165, 1.54) is 24.3 Å². The van der Waals surface area contributed by atoms with E-state index in [2.05, 4.69) is 39.0 Å². The monoisotopic (exact) mass is 465 g/mol. The molecule has 32 heavy (non-hydrogen) atoms. The standard InChI is InChI=1S/C22H26ClF2N5O2/c1-4-12-30(5-2)21-18(19-10-11-26-28-19)13-15(14-29(21)3)20(31)27-16-6-8-17(9-7-16)32-22(23,24)25/h6-11,13-14,21H,4-5,12H2,1-3H3,(H,26,28)(H,27,31). The lowest BCUT2D eigenvalue weighted by Gasteiger charge is -2.40. The van der Waals surface area contributed by atoms with Crippen LogP contribution in [0, 0.1) is 0 Å². The van der Waals surface area contributed by atoms with Gasteiger partial charge >= 0.3 is 5.57 Å². The van der Waals surface area contributed by atoms with Crippen LogP contribution in [0.3, 0.4) is 0 Å². The van der Waals surface area contributed by atoms with Gasteiger partial charge in [-0.1, -0.05) is 13.8 Å². The maximum Gasteiger partial charge on any atom is 0.487 e. The molecule has 172 valence electrons. The minimum Gasteiger partial charge on any atom is -0.420 e. The first-order chi connectivity index (χ1) is 15.2. The molecule has 0 bridgehead atoms. The fourth-order valence-corrected chi connectivity index (χ4v) is 3.77. The summed E-state index contributed by atoms with van der Waals surface area (Å²) in [5, 5.41) is 9.83. The van der Waals surface area contributed by atoms with Crippen LogP contribution in [0.25, 0.3) is 5.57 Å². The summed E-state index contributed by atoms with van der Waals surface area (Å²) in [6.07, 6.45) is 6.27. The molecule has 1 amide bonds. The lowest BCUT2D eigenvalue weighted by Crippen LogP contribution is -2.47. The average Bonchev–Trinajstić information content (AvgIpc) is 3.27. The van der Waals surface area contributed by atoms with Gasteiger partial charge in [-0.3, -0.25) is 14.8 Å². The number of alkyl halides is 3. The van der Waals surface area contributed by atoms with Crippen molar-refractivity contribution in [3.63, 3.8) is 0 Å². The topological polar surface area (TPSA) is 73.5 Å². The Morgan fingerprint density at radius 2 is 2.03 bits per heavy atom. The second kappa shape index (κ2) is 10.1. The first-order valence-corrected chi connectivity index (χ1v) is 10.7. The number of nitrogens with one attached hydrogen (secondary N) is 2. The maximum absolute atomic E-state index is 13.0. The molecule has 2 aromatic rings. The number of benzene rings is 1. The molecule has 1 aliphatic heterocycles. The average molecular weight is 466 g/mol. The molecule has 0 aliphatic carbocycles. The lowest BCUT2D eigenvalue weighted by atomic mass is 9.99. The molecule has 0 saturated carbocycles. The van der Waals surface area contributed by atoms with Crippen LogP contribution in [-0.4, -0.2) is 57.8 Å². The number of hydrogen-bond acceptors (Lipinski definition) is 5. The zero-order valence-electron chi connectivity index (χ0n) is 18.1. The first-order valence-electron chi connectivity index (χ1n) is 10.3. The number of hydrogen-bond donors (Lipinski definition) is 2. The number of H-pyrrole nitrogens is 1. The van der Waals surface area contributed by atoms with Gasteiger partial charge in [-0.05, 0) is 49.4 Å². The Balaban J connectivity index is 1.82. The van der Waals surface area contributed by atoms with Gasteiger partial charge in [0.1, 0.15) is 11.9 Å². The predicted octanol–water partition coefficient (Wildman–Crippen LogP) is 4.49. The number of halogens is 3. The van der Waals surface area contributed by atoms with Gasteiger partial charge in [-0.15, -0.1) is 8.78 Å². The summed E-state index contributed by atoms with van der Waals surface area (Å²) >= 11 is 4.77. The van der Waals surface area contributed by atoms with Crippen molar-refractivity contribution >= 4 is 28.8 Å². The maximum atomic E-state index is 13.0. The Bertz CT molecular complexity index is 971. The smallest absolute Gasteiger partial charge is 0.420 e. The zero-order valence-corrected chi connectivity index (χ0v) is 18.9. The number of anilines is 1. The fourth-order valence-electron chi connectivity index (χ4n) is 3.68. The van der Waals surface area contributed by atoms with E-state index in [9.17, 15) is 13.6 Å². The summed E-state index contributed by atoms with van der Waals surface area (Å²) in [5.41, 5.74) is -1.15. The molecule has 7 nitrogen and oxygen atoms in total. The Morgan fingerprint density at radius 3 is 2.59 bits per heavy atom. The highest BCUT2D eigenvalue weighted by Gasteiger charge is 2.30. The van der Waals surface area contributed by atoms with Gasteiger partial charge < -0.3 is 15.0 Å². The van der Waals surface area contributed by atoms with Crippen molar-refractivity contribution in [1.82, 2.24) is 20.0 Å². The molecule has 1 aromatic carbocycles. The van der Waals surface area contributed by atoms with E-state index in [4.69, 9.17) is 11.6 Å². The van der Waals surface area contributed by atoms with Crippen LogP contribution in [0.15, 0.2) is 54.4 Å². The zero-order chi connectivity index (χ0) is 23.3. The van der Waals surface area contributed by atoms with Crippen LogP contribution in [-0.2, 0) is 4.79 Å². The molecule has 0 fully saturated rings. The third-order valence-corrected chi connectivity index (χ3v) is 5.08. The van der Waals surface area contributed by atoms with Crippen molar-refractivity contribution in [2.75, 3.05) is 25.5 Å². The van der Waals surface area contributed by atoms with E-state index in [0.29, 0.717) is 11.3 Å². The number of carbonyl (C=O) groups excluding carboxylic acids is 1. The molecule has 1 aromatic heterocycles. The number of ether oxygens (including phenoxy) is 1. The molecule has 10 heteroatoms. The van der Waals surface area contributed by atoms with Gasteiger partial charge in [0, 0.05) is 48.9 Å². The fraction of sp³-hybridized carbons (Fsp3) is 0.364. The molecule has 2 N–H and O–H groups in total. The Morgan fingerprint density at radius 1 is 1.31 bits per heavy atom. The van der Waals surface area contributed by atoms with Crippen molar-refractivity contribution in [3.8, 4) is 5.75 Å². The summed E-state index contributed by atoms with van der Waals surface area (Å²) in [5.74, 6) is -0.443.